The molecule has 0 bridgehead atoms. The number of anilines is 1. The maximum absolute atomic E-state index is 14.4. The first-order valence-corrected chi connectivity index (χ1v) is 18.6. The van der Waals surface area contributed by atoms with Crippen molar-refractivity contribution in [1.29, 1.82) is 0 Å². The molecule has 2 aliphatic carbocycles. The number of rotatable bonds is 7. The summed E-state index contributed by atoms with van der Waals surface area (Å²) in [7, 11) is -3.86. The van der Waals surface area contributed by atoms with Crippen LogP contribution < -0.4 is 20.1 Å². The summed E-state index contributed by atoms with van der Waals surface area (Å²) in [5.41, 5.74) is -1.01. The normalized spacial score (nSPS) is 28.3. The van der Waals surface area contributed by atoms with Crippen molar-refractivity contribution in [2.45, 2.75) is 86.8 Å². The second-order valence-corrected chi connectivity index (χ2v) is 15.5. The smallest absolute Gasteiger partial charge is 0.259 e. The standard InChI is InChI=1S/C36H40FN5O6S/c37-25-11-8-12-26(19-25)39-30-14-5-3-1-2-4-10-24-21-36(24,35(45)41-49(46,47)28-15-16-28)40-32(43)31-20-27(22-42(31)34(30)44)48-33-29-13-7-6-9-23(29)17-18-38-33/h4,6-13,17-19,24,27-28,30-31,39H,1-3,5,14-16,20-22H2,(H,40,43)(H,41,45)/b10-4-/t24-,27+,30-,31-,36+/m0/s1. The highest BCUT2D eigenvalue weighted by molar-refractivity contribution is 7.91. The number of carbonyl (C=O) groups is 3. The highest BCUT2D eigenvalue weighted by Gasteiger charge is 2.62. The van der Waals surface area contributed by atoms with Gasteiger partial charge in [-0.3, -0.25) is 19.1 Å². The molecule has 0 unspecified atom stereocenters. The van der Waals surface area contributed by atoms with Crippen LogP contribution in [-0.4, -0.2) is 71.5 Å². The van der Waals surface area contributed by atoms with Gasteiger partial charge in [-0.25, -0.2) is 17.8 Å². The molecule has 4 aliphatic rings. The molecule has 11 nitrogen and oxygen atoms in total. The fraction of sp³-hybridized carbons (Fsp3) is 0.444. The van der Waals surface area contributed by atoms with Gasteiger partial charge in [-0.2, -0.15) is 0 Å². The summed E-state index contributed by atoms with van der Waals surface area (Å²) < 4.78 is 48.3. The van der Waals surface area contributed by atoms with Crippen molar-refractivity contribution < 1.29 is 31.9 Å². The van der Waals surface area contributed by atoms with E-state index in [4.69, 9.17) is 4.74 Å². The maximum Gasteiger partial charge on any atom is 0.259 e. The van der Waals surface area contributed by atoms with Crippen molar-refractivity contribution in [2.75, 3.05) is 11.9 Å². The molecule has 7 rings (SSSR count). The first-order valence-electron chi connectivity index (χ1n) is 17.0. The Kier molecular flexibility index (Phi) is 9.03. The van der Waals surface area contributed by atoms with Gasteiger partial charge in [0.25, 0.3) is 5.91 Å². The van der Waals surface area contributed by atoms with Crippen LogP contribution in [-0.2, 0) is 24.4 Å². The number of hydrogen-bond acceptors (Lipinski definition) is 8. The van der Waals surface area contributed by atoms with Gasteiger partial charge >= 0.3 is 0 Å². The Bertz CT molecular complexity index is 1900. The number of benzene rings is 2. The number of nitrogens with zero attached hydrogens (tertiary/aromatic N) is 2. The van der Waals surface area contributed by atoms with Crippen LogP contribution >= 0.6 is 0 Å². The lowest BCUT2D eigenvalue weighted by Crippen LogP contribution is -2.57. The first-order chi connectivity index (χ1) is 23.6. The predicted molar refractivity (Wildman–Crippen MR) is 181 cm³/mol. The number of nitrogens with one attached hydrogen (secondary N) is 3. The lowest BCUT2D eigenvalue weighted by Gasteiger charge is -2.30. The van der Waals surface area contributed by atoms with E-state index in [-0.39, 0.29) is 25.3 Å². The predicted octanol–water partition coefficient (Wildman–Crippen LogP) is 4.21. The quantitative estimate of drug-likeness (QED) is 0.313. The third kappa shape index (κ3) is 7.12. The molecule has 258 valence electrons. The van der Waals surface area contributed by atoms with Crippen LogP contribution in [0.2, 0.25) is 0 Å². The van der Waals surface area contributed by atoms with E-state index in [0.717, 1.165) is 30.0 Å². The van der Waals surface area contributed by atoms with Gasteiger partial charge in [0, 0.05) is 29.6 Å². The Labute approximate surface area is 284 Å². The zero-order valence-electron chi connectivity index (χ0n) is 27.0. The monoisotopic (exact) mass is 689 g/mol. The number of fused-ring (bicyclic) bond motifs is 3. The van der Waals surface area contributed by atoms with Gasteiger partial charge in [-0.15, -0.1) is 0 Å². The minimum absolute atomic E-state index is 0.0712. The second-order valence-electron chi connectivity index (χ2n) is 13.5. The van der Waals surface area contributed by atoms with Crippen molar-refractivity contribution in [3.63, 3.8) is 0 Å². The number of carbonyl (C=O) groups excluding carboxylic acids is 3. The summed E-state index contributed by atoms with van der Waals surface area (Å²) in [4.78, 5) is 48.2. The van der Waals surface area contributed by atoms with Gasteiger partial charge in [-0.1, -0.05) is 49.3 Å². The first kappa shape index (κ1) is 33.0. The minimum Gasteiger partial charge on any atom is -0.472 e. The van der Waals surface area contributed by atoms with Crippen LogP contribution in [0.3, 0.4) is 0 Å². The van der Waals surface area contributed by atoms with Gasteiger partial charge in [0.05, 0.1) is 11.8 Å². The number of hydrogen-bond donors (Lipinski definition) is 3. The average molecular weight is 690 g/mol. The Hall–Kier alpha value is -4.52. The fourth-order valence-electron chi connectivity index (χ4n) is 6.97. The van der Waals surface area contributed by atoms with Crippen molar-refractivity contribution in [2.24, 2.45) is 5.92 Å². The third-order valence-corrected chi connectivity index (χ3v) is 11.7. The van der Waals surface area contributed by atoms with Gasteiger partial charge in [0.15, 0.2) is 0 Å². The topological polar surface area (TPSA) is 147 Å². The molecule has 2 aromatic carbocycles. The van der Waals surface area contributed by atoms with E-state index >= 15 is 0 Å². The number of amides is 3. The Morgan fingerprint density at radius 3 is 2.69 bits per heavy atom. The molecule has 13 heteroatoms. The number of allylic oxidation sites excluding steroid dienone is 1. The summed E-state index contributed by atoms with van der Waals surface area (Å²) in [5.74, 6) is -2.14. The summed E-state index contributed by atoms with van der Waals surface area (Å²) >= 11 is 0. The molecule has 3 aromatic rings. The lowest BCUT2D eigenvalue weighted by atomic mass is 10.0. The molecule has 2 aliphatic heterocycles. The Morgan fingerprint density at radius 1 is 1.04 bits per heavy atom. The fourth-order valence-corrected chi connectivity index (χ4v) is 8.33. The highest BCUT2D eigenvalue weighted by atomic mass is 32.2. The van der Waals surface area contributed by atoms with E-state index in [1.54, 1.807) is 18.3 Å². The van der Waals surface area contributed by atoms with Crippen LogP contribution in [0.4, 0.5) is 10.1 Å². The lowest BCUT2D eigenvalue weighted by molar-refractivity contribution is -0.140. The number of halogens is 1. The van der Waals surface area contributed by atoms with Crippen LogP contribution in [0, 0.1) is 11.7 Å². The molecule has 3 N–H and O–H groups in total. The van der Waals surface area contributed by atoms with Gasteiger partial charge < -0.3 is 20.3 Å². The SMILES string of the molecule is O=C1N[C@]2(C(=O)NS(=O)(=O)C3CC3)C[C@@H]2/C=C\CCCCC[C@H](Nc2cccc(F)c2)C(=O)N2C[C@H](Oc3nccc4ccccc34)C[C@@H]12. The number of aromatic nitrogens is 1. The Morgan fingerprint density at radius 2 is 1.88 bits per heavy atom. The molecule has 0 radical (unpaired) electrons. The number of pyridine rings is 1. The zero-order chi connectivity index (χ0) is 34.2. The van der Waals surface area contributed by atoms with Crippen molar-refractivity contribution in [3.05, 3.63) is 78.8 Å². The average Bonchev–Trinajstić information content (AvgIpc) is 4.00. The zero-order valence-corrected chi connectivity index (χ0v) is 27.8. The molecule has 5 atom stereocenters. The number of sulfonamides is 1. The second kappa shape index (κ2) is 13.4. The summed E-state index contributed by atoms with van der Waals surface area (Å²) in [6.07, 6.45) is 9.78. The van der Waals surface area contributed by atoms with Crippen molar-refractivity contribution in [1.82, 2.24) is 19.9 Å². The maximum atomic E-state index is 14.4. The van der Waals surface area contributed by atoms with E-state index in [1.807, 2.05) is 42.5 Å². The molecule has 1 aromatic heterocycles. The molecule has 0 spiro atoms. The summed E-state index contributed by atoms with van der Waals surface area (Å²) in [6, 6.07) is 13.6. The molecule has 3 heterocycles. The van der Waals surface area contributed by atoms with Gasteiger partial charge in [0.2, 0.25) is 27.7 Å². The summed E-state index contributed by atoms with van der Waals surface area (Å²) in [6.45, 7) is 0.0712. The van der Waals surface area contributed by atoms with Gasteiger partial charge in [0.1, 0.15) is 29.5 Å². The minimum atomic E-state index is -3.86. The molecule has 3 fully saturated rings. The van der Waals surface area contributed by atoms with E-state index < -0.39 is 62.5 Å². The number of ether oxygens (including phenoxy) is 1. The van der Waals surface area contributed by atoms with Crippen LogP contribution in [0.15, 0.2) is 72.9 Å². The Balaban J connectivity index is 1.20. The largest absolute Gasteiger partial charge is 0.472 e. The highest BCUT2D eigenvalue weighted by Crippen LogP contribution is 2.46. The van der Waals surface area contributed by atoms with Crippen LogP contribution in [0.1, 0.15) is 57.8 Å². The van der Waals surface area contributed by atoms with Gasteiger partial charge in [-0.05, 0) is 74.2 Å². The van der Waals surface area contributed by atoms with Crippen LogP contribution in [0.25, 0.3) is 10.8 Å². The molecule has 2 saturated carbocycles. The third-order valence-electron chi connectivity index (χ3n) is 9.92. The van der Waals surface area contributed by atoms with E-state index in [0.29, 0.717) is 37.3 Å². The van der Waals surface area contributed by atoms with Crippen molar-refractivity contribution >= 4 is 44.2 Å². The van der Waals surface area contributed by atoms with Crippen LogP contribution in [0.5, 0.6) is 5.88 Å². The molecule has 3 amide bonds. The van der Waals surface area contributed by atoms with Crippen molar-refractivity contribution in [3.8, 4) is 5.88 Å². The molecule has 49 heavy (non-hydrogen) atoms. The molecule has 1 saturated heterocycles. The summed E-state index contributed by atoms with van der Waals surface area (Å²) in [5, 5.41) is 7.21. The van der Waals surface area contributed by atoms with E-state index in [2.05, 4.69) is 20.3 Å². The molecular weight excluding hydrogens is 649 g/mol. The van der Waals surface area contributed by atoms with E-state index in [9.17, 15) is 27.2 Å². The molecular formula is C36H40FN5O6S. The van der Waals surface area contributed by atoms with E-state index in [1.165, 1.54) is 17.0 Å².